The van der Waals surface area contributed by atoms with Crippen molar-refractivity contribution in [2.75, 3.05) is 19.7 Å². The molecule has 0 aromatic rings. The summed E-state index contributed by atoms with van der Waals surface area (Å²) in [6, 6.07) is 0.302. The van der Waals surface area contributed by atoms with Crippen molar-refractivity contribution in [1.29, 1.82) is 0 Å². The van der Waals surface area contributed by atoms with Crippen molar-refractivity contribution in [3.8, 4) is 0 Å². The molecule has 16 heavy (non-hydrogen) atoms. The standard InChI is InChI=1S/C13H23NO2/c1-13(2)6-5-10(12(13)16)8-14-7-3-4-11(14)9-15/h10-11,15H,3-9H2,1-2H3. The smallest absolute Gasteiger partial charge is 0.142 e. The first-order chi connectivity index (χ1) is 7.54. The average Bonchev–Trinajstić information content (AvgIpc) is 2.78. The first-order valence-electron chi connectivity index (χ1n) is 6.44. The van der Waals surface area contributed by atoms with E-state index in [9.17, 15) is 9.90 Å². The van der Waals surface area contributed by atoms with Gasteiger partial charge in [-0.1, -0.05) is 13.8 Å². The maximum absolute atomic E-state index is 12.1. The van der Waals surface area contributed by atoms with Gasteiger partial charge in [0.1, 0.15) is 5.78 Å². The maximum atomic E-state index is 12.1. The molecule has 2 unspecified atom stereocenters. The number of likely N-dealkylation sites (tertiary alicyclic amines) is 1. The number of rotatable bonds is 3. The second-order valence-corrected chi connectivity index (χ2v) is 5.96. The van der Waals surface area contributed by atoms with Gasteiger partial charge in [-0.3, -0.25) is 9.69 Å². The molecule has 3 nitrogen and oxygen atoms in total. The van der Waals surface area contributed by atoms with E-state index in [1.807, 2.05) is 0 Å². The van der Waals surface area contributed by atoms with Crippen LogP contribution >= 0.6 is 0 Å². The monoisotopic (exact) mass is 225 g/mol. The Bertz CT molecular complexity index is 275. The van der Waals surface area contributed by atoms with Gasteiger partial charge in [-0.05, 0) is 32.2 Å². The zero-order valence-electron chi connectivity index (χ0n) is 10.4. The van der Waals surface area contributed by atoms with E-state index in [-0.39, 0.29) is 17.9 Å². The van der Waals surface area contributed by atoms with Gasteiger partial charge in [0.2, 0.25) is 0 Å². The topological polar surface area (TPSA) is 40.5 Å². The quantitative estimate of drug-likeness (QED) is 0.790. The van der Waals surface area contributed by atoms with Crippen LogP contribution in [0.25, 0.3) is 0 Å². The van der Waals surface area contributed by atoms with Crippen LogP contribution in [-0.2, 0) is 4.79 Å². The van der Waals surface area contributed by atoms with Crippen molar-refractivity contribution in [2.45, 2.75) is 45.6 Å². The average molecular weight is 225 g/mol. The number of hydrogen-bond donors (Lipinski definition) is 1. The molecule has 1 N–H and O–H groups in total. The summed E-state index contributed by atoms with van der Waals surface area (Å²) in [4.78, 5) is 14.4. The van der Waals surface area contributed by atoms with Crippen LogP contribution in [0, 0.1) is 11.3 Å². The molecule has 3 heteroatoms. The number of nitrogens with zero attached hydrogens (tertiary/aromatic N) is 1. The highest BCUT2D eigenvalue weighted by Gasteiger charge is 2.41. The van der Waals surface area contributed by atoms with E-state index in [0.717, 1.165) is 38.8 Å². The van der Waals surface area contributed by atoms with Gasteiger partial charge >= 0.3 is 0 Å². The number of ketones is 1. The predicted octanol–water partition coefficient (Wildman–Crippen LogP) is 1.45. The van der Waals surface area contributed by atoms with Gasteiger partial charge in [0, 0.05) is 23.9 Å². The molecule has 2 fully saturated rings. The zero-order valence-corrected chi connectivity index (χ0v) is 10.4. The van der Waals surface area contributed by atoms with E-state index in [1.165, 1.54) is 0 Å². The van der Waals surface area contributed by atoms with E-state index in [0.29, 0.717) is 11.8 Å². The van der Waals surface area contributed by atoms with Crippen molar-refractivity contribution < 1.29 is 9.90 Å². The lowest BCUT2D eigenvalue weighted by Gasteiger charge is -2.26. The maximum Gasteiger partial charge on any atom is 0.142 e. The number of Topliss-reactive ketones (excluding diaryl/α,β-unsaturated/α-hetero) is 1. The number of carbonyl (C=O) groups excluding carboxylic acids is 1. The van der Waals surface area contributed by atoms with Crippen LogP contribution in [0.3, 0.4) is 0 Å². The van der Waals surface area contributed by atoms with E-state index < -0.39 is 0 Å². The van der Waals surface area contributed by atoms with E-state index >= 15 is 0 Å². The predicted molar refractivity (Wildman–Crippen MR) is 63.2 cm³/mol. The molecule has 0 spiro atoms. The molecule has 0 amide bonds. The molecule has 1 saturated heterocycles. The highest BCUT2D eigenvalue weighted by Crippen LogP contribution is 2.38. The van der Waals surface area contributed by atoms with Gasteiger partial charge in [0.25, 0.3) is 0 Å². The Morgan fingerprint density at radius 2 is 2.19 bits per heavy atom. The Balaban J connectivity index is 1.93. The lowest BCUT2D eigenvalue weighted by atomic mass is 9.89. The molecule has 0 aromatic heterocycles. The highest BCUT2D eigenvalue weighted by atomic mass is 16.3. The summed E-state index contributed by atoms with van der Waals surface area (Å²) in [5.41, 5.74) is -0.112. The summed E-state index contributed by atoms with van der Waals surface area (Å²) in [5.74, 6) is 0.637. The number of aliphatic hydroxyl groups is 1. The molecule has 1 heterocycles. The summed E-state index contributed by atoms with van der Waals surface area (Å²) in [6.07, 6.45) is 4.30. The minimum absolute atomic E-state index is 0.112. The van der Waals surface area contributed by atoms with Crippen LogP contribution < -0.4 is 0 Å². The van der Waals surface area contributed by atoms with Gasteiger partial charge < -0.3 is 5.11 Å². The third kappa shape index (κ3) is 2.16. The molecule has 0 bridgehead atoms. The Labute approximate surface area is 97.8 Å². The van der Waals surface area contributed by atoms with Crippen molar-refractivity contribution in [3.05, 3.63) is 0 Å². The highest BCUT2D eigenvalue weighted by molar-refractivity contribution is 5.88. The van der Waals surface area contributed by atoms with Crippen molar-refractivity contribution in [2.24, 2.45) is 11.3 Å². The van der Waals surface area contributed by atoms with Gasteiger partial charge in [0.05, 0.1) is 6.61 Å². The number of aliphatic hydroxyl groups excluding tert-OH is 1. The molecule has 1 saturated carbocycles. The molecule has 1 aliphatic heterocycles. The molecule has 2 atom stereocenters. The van der Waals surface area contributed by atoms with Crippen LogP contribution in [0.1, 0.15) is 39.5 Å². The second kappa shape index (κ2) is 4.46. The Morgan fingerprint density at radius 3 is 2.75 bits per heavy atom. The number of hydrogen-bond acceptors (Lipinski definition) is 3. The third-order valence-electron chi connectivity index (χ3n) is 4.32. The fourth-order valence-corrected chi connectivity index (χ4v) is 3.14. The summed E-state index contributed by atoms with van der Waals surface area (Å²) >= 11 is 0. The van der Waals surface area contributed by atoms with Gasteiger partial charge in [-0.2, -0.15) is 0 Å². The Kier molecular flexibility index (Phi) is 3.36. The van der Waals surface area contributed by atoms with E-state index in [2.05, 4.69) is 18.7 Å². The second-order valence-electron chi connectivity index (χ2n) is 5.96. The lowest BCUT2D eigenvalue weighted by Crippen LogP contribution is -2.38. The largest absolute Gasteiger partial charge is 0.395 e. The molecule has 1 aliphatic carbocycles. The molecule has 92 valence electrons. The lowest BCUT2D eigenvalue weighted by molar-refractivity contribution is -0.128. The Morgan fingerprint density at radius 1 is 1.44 bits per heavy atom. The SMILES string of the molecule is CC1(C)CCC(CN2CCCC2CO)C1=O. The first kappa shape index (κ1) is 12.1. The van der Waals surface area contributed by atoms with E-state index in [1.54, 1.807) is 0 Å². The van der Waals surface area contributed by atoms with Crippen molar-refractivity contribution in [1.82, 2.24) is 4.90 Å². The summed E-state index contributed by atoms with van der Waals surface area (Å²) < 4.78 is 0. The molecule has 2 aliphatic rings. The van der Waals surface area contributed by atoms with Crippen molar-refractivity contribution >= 4 is 5.78 Å². The minimum atomic E-state index is -0.112. The van der Waals surface area contributed by atoms with Crippen LogP contribution in [0.2, 0.25) is 0 Å². The van der Waals surface area contributed by atoms with Crippen LogP contribution in [0.4, 0.5) is 0 Å². The first-order valence-corrected chi connectivity index (χ1v) is 6.44. The minimum Gasteiger partial charge on any atom is -0.395 e. The third-order valence-corrected chi connectivity index (χ3v) is 4.32. The molecule has 2 rings (SSSR count). The van der Waals surface area contributed by atoms with Gasteiger partial charge in [-0.15, -0.1) is 0 Å². The normalized spacial score (nSPS) is 34.8. The van der Waals surface area contributed by atoms with Gasteiger partial charge in [-0.25, -0.2) is 0 Å². The molecular formula is C13H23NO2. The van der Waals surface area contributed by atoms with Crippen LogP contribution in [0.5, 0.6) is 0 Å². The van der Waals surface area contributed by atoms with E-state index in [4.69, 9.17) is 0 Å². The summed E-state index contributed by atoms with van der Waals surface area (Å²) in [5, 5.41) is 9.25. The zero-order chi connectivity index (χ0) is 11.8. The molecule has 0 radical (unpaired) electrons. The fraction of sp³-hybridized carbons (Fsp3) is 0.923. The van der Waals surface area contributed by atoms with Crippen molar-refractivity contribution in [3.63, 3.8) is 0 Å². The van der Waals surface area contributed by atoms with Crippen LogP contribution in [-0.4, -0.2) is 41.5 Å². The van der Waals surface area contributed by atoms with Crippen LogP contribution in [0.15, 0.2) is 0 Å². The number of carbonyl (C=O) groups is 1. The van der Waals surface area contributed by atoms with Gasteiger partial charge in [0.15, 0.2) is 0 Å². The fourth-order valence-electron chi connectivity index (χ4n) is 3.14. The molecular weight excluding hydrogens is 202 g/mol. The summed E-state index contributed by atoms with van der Waals surface area (Å²) in [7, 11) is 0. The summed E-state index contributed by atoms with van der Waals surface area (Å²) in [6.45, 7) is 6.28. The molecule has 0 aromatic carbocycles. The Hall–Kier alpha value is -0.410.